The number of fused-ring (bicyclic) bond motifs is 1. The van der Waals surface area contributed by atoms with Crippen molar-refractivity contribution in [2.24, 2.45) is 11.8 Å². The molecule has 0 saturated heterocycles. The maximum atomic E-state index is 12.9. The van der Waals surface area contributed by atoms with Gasteiger partial charge < -0.3 is 19.4 Å². The van der Waals surface area contributed by atoms with E-state index in [0.717, 1.165) is 28.8 Å². The van der Waals surface area contributed by atoms with Gasteiger partial charge >= 0.3 is 5.97 Å². The van der Waals surface area contributed by atoms with Gasteiger partial charge in [0.2, 0.25) is 0 Å². The Morgan fingerprint density at radius 1 is 1.24 bits per heavy atom. The first-order valence-corrected chi connectivity index (χ1v) is 11.9. The number of carbonyl (C=O) groups is 2. The highest BCUT2D eigenvalue weighted by molar-refractivity contribution is 5.99. The minimum absolute atomic E-state index is 0.160. The van der Waals surface area contributed by atoms with Crippen molar-refractivity contribution in [2.75, 3.05) is 0 Å². The molecule has 0 bridgehead atoms. The van der Waals surface area contributed by atoms with Gasteiger partial charge in [-0.15, -0.1) is 0 Å². The average molecular weight is 452 g/mol. The Kier molecular flexibility index (Phi) is 6.86. The molecular formula is C26H33N3O4. The zero-order valence-electron chi connectivity index (χ0n) is 19.6. The van der Waals surface area contributed by atoms with Crippen molar-refractivity contribution in [2.45, 2.75) is 71.4 Å². The Morgan fingerprint density at radius 2 is 2.03 bits per heavy atom. The van der Waals surface area contributed by atoms with Crippen molar-refractivity contribution in [3.63, 3.8) is 0 Å². The van der Waals surface area contributed by atoms with E-state index in [9.17, 15) is 14.7 Å². The number of imidazole rings is 1. The summed E-state index contributed by atoms with van der Waals surface area (Å²) in [6, 6.07) is 6.92. The first kappa shape index (κ1) is 23.1. The molecular weight excluding hydrogens is 418 g/mol. The van der Waals surface area contributed by atoms with E-state index in [-0.39, 0.29) is 11.8 Å². The lowest BCUT2D eigenvalue weighted by atomic mass is 9.85. The second-order valence-electron chi connectivity index (χ2n) is 9.73. The molecule has 2 heterocycles. The van der Waals surface area contributed by atoms with Crippen LogP contribution in [-0.4, -0.2) is 32.6 Å². The number of carboxylic acids is 1. The molecule has 2 N–H and O–H groups in total. The summed E-state index contributed by atoms with van der Waals surface area (Å²) in [7, 11) is 0. The van der Waals surface area contributed by atoms with E-state index in [1.54, 1.807) is 24.7 Å². The third-order valence-electron chi connectivity index (χ3n) is 6.68. The van der Waals surface area contributed by atoms with Crippen molar-refractivity contribution in [1.29, 1.82) is 0 Å². The molecule has 33 heavy (non-hydrogen) atoms. The topological polar surface area (TPSA) is 97.4 Å². The van der Waals surface area contributed by atoms with E-state index >= 15 is 0 Å². The number of furan rings is 1. The molecule has 1 amide bonds. The van der Waals surface area contributed by atoms with E-state index < -0.39 is 12.0 Å². The molecule has 3 aromatic rings. The van der Waals surface area contributed by atoms with Gasteiger partial charge in [0, 0.05) is 18.0 Å². The number of nitrogens with one attached hydrogen (secondary N) is 1. The second-order valence-corrected chi connectivity index (χ2v) is 9.73. The summed E-state index contributed by atoms with van der Waals surface area (Å²) in [5.41, 5.74) is 3.26. The molecule has 7 heteroatoms. The van der Waals surface area contributed by atoms with Crippen LogP contribution in [0.2, 0.25) is 0 Å². The number of rotatable bonds is 8. The standard InChI is InChI=1S/C26H33N3O4/c1-16(2)12-21(26(31)32)28-25(30)19-8-9-23-20(14-19)27-24(13-18-10-11-33-15-18)29(23)22-7-5-4-6-17(22)3/h8-11,14-17,21-22H,4-7,12-13H2,1-3H3,(H,28,30)(H,31,32)/t17?,21-,22?/m0/s1. The first-order valence-electron chi connectivity index (χ1n) is 11.9. The largest absolute Gasteiger partial charge is 0.480 e. The lowest BCUT2D eigenvalue weighted by Gasteiger charge is -2.31. The zero-order chi connectivity index (χ0) is 23.5. The van der Waals surface area contributed by atoms with Gasteiger partial charge in [0.25, 0.3) is 5.91 Å². The predicted octanol–water partition coefficient (Wildman–Crippen LogP) is 5.20. The molecule has 4 rings (SSSR count). The van der Waals surface area contributed by atoms with E-state index in [4.69, 9.17) is 9.40 Å². The van der Waals surface area contributed by atoms with Crippen LogP contribution in [0.4, 0.5) is 0 Å². The first-order chi connectivity index (χ1) is 15.8. The molecule has 3 atom stereocenters. The maximum absolute atomic E-state index is 12.9. The summed E-state index contributed by atoms with van der Waals surface area (Å²) in [5, 5.41) is 12.2. The fourth-order valence-corrected chi connectivity index (χ4v) is 4.98. The molecule has 0 spiro atoms. The summed E-state index contributed by atoms with van der Waals surface area (Å²) in [6.07, 6.45) is 9.22. The van der Waals surface area contributed by atoms with Gasteiger partial charge in [0.1, 0.15) is 11.9 Å². The number of hydrogen-bond acceptors (Lipinski definition) is 4. The quantitative estimate of drug-likeness (QED) is 0.491. The van der Waals surface area contributed by atoms with Crippen molar-refractivity contribution in [3.8, 4) is 0 Å². The molecule has 7 nitrogen and oxygen atoms in total. The van der Waals surface area contributed by atoms with Crippen LogP contribution in [0.15, 0.2) is 41.2 Å². The normalized spacial score (nSPS) is 19.6. The van der Waals surface area contributed by atoms with Gasteiger partial charge in [-0.25, -0.2) is 9.78 Å². The van der Waals surface area contributed by atoms with E-state index in [0.29, 0.717) is 30.4 Å². The monoisotopic (exact) mass is 451 g/mol. The average Bonchev–Trinajstić information content (AvgIpc) is 3.40. The van der Waals surface area contributed by atoms with Gasteiger partial charge in [-0.1, -0.05) is 33.6 Å². The molecule has 1 saturated carbocycles. The summed E-state index contributed by atoms with van der Waals surface area (Å²) < 4.78 is 7.62. The van der Waals surface area contributed by atoms with Crippen LogP contribution < -0.4 is 5.32 Å². The van der Waals surface area contributed by atoms with Gasteiger partial charge in [-0.05, 0) is 60.9 Å². The number of carboxylic acid groups (broad SMARTS) is 1. The minimum atomic E-state index is -1.02. The molecule has 1 fully saturated rings. The van der Waals surface area contributed by atoms with Gasteiger partial charge in [0.15, 0.2) is 0 Å². The Bertz CT molecular complexity index is 1120. The second kappa shape index (κ2) is 9.81. The van der Waals surface area contributed by atoms with Crippen LogP contribution in [0.5, 0.6) is 0 Å². The third kappa shape index (κ3) is 5.13. The van der Waals surface area contributed by atoms with Crippen molar-refractivity contribution < 1.29 is 19.1 Å². The number of benzene rings is 1. The fourth-order valence-electron chi connectivity index (χ4n) is 4.98. The predicted molar refractivity (Wildman–Crippen MR) is 126 cm³/mol. The number of nitrogens with zero attached hydrogens (tertiary/aromatic N) is 2. The number of aliphatic carboxylic acids is 1. The molecule has 1 aliphatic carbocycles. The van der Waals surface area contributed by atoms with Gasteiger partial charge in [0.05, 0.1) is 23.6 Å². The number of carbonyl (C=O) groups excluding carboxylic acids is 1. The molecule has 176 valence electrons. The highest BCUT2D eigenvalue weighted by Crippen LogP contribution is 2.37. The summed E-state index contributed by atoms with van der Waals surface area (Å²) in [5.74, 6) is 0.270. The van der Waals surface area contributed by atoms with Gasteiger partial charge in [-0.2, -0.15) is 0 Å². The van der Waals surface area contributed by atoms with E-state index in [1.165, 1.54) is 19.3 Å². The molecule has 0 aliphatic heterocycles. The Balaban J connectivity index is 1.68. The molecule has 2 unspecified atom stereocenters. The van der Waals surface area contributed by atoms with Crippen molar-refractivity contribution in [1.82, 2.24) is 14.9 Å². The van der Waals surface area contributed by atoms with Crippen LogP contribution in [0, 0.1) is 11.8 Å². The van der Waals surface area contributed by atoms with Crippen LogP contribution in [-0.2, 0) is 11.2 Å². The summed E-state index contributed by atoms with van der Waals surface area (Å²) in [6.45, 7) is 6.18. The molecule has 2 aromatic heterocycles. The van der Waals surface area contributed by atoms with Gasteiger partial charge in [-0.3, -0.25) is 4.79 Å². The smallest absolute Gasteiger partial charge is 0.326 e. The third-order valence-corrected chi connectivity index (χ3v) is 6.68. The Hall–Kier alpha value is -3.09. The summed E-state index contributed by atoms with van der Waals surface area (Å²) >= 11 is 0. The van der Waals surface area contributed by atoms with Crippen molar-refractivity contribution >= 4 is 22.9 Å². The lowest BCUT2D eigenvalue weighted by molar-refractivity contribution is -0.139. The van der Waals surface area contributed by atoms with Crippen LogP contribution >= 0.6 is 0 Å². The van der Waals surface area contributed by atoms with Crippen LogP contribution in [0.1, 0.15) is 80.7 Å². The number of hydrogen-bond donors (Lipinski definition) is 2. The Morgan fingerprint density at radius 3 is 2.70 bits per heavy atom. The highest BCUT2D eigenvalue weighted by atomic mass is 16.4. The fraction of sp³-hybridized carbons (Fsp3) is 0.500. The zero-order valence-corrected chi connectivity index (χ0v) is 19.6. The van der Waals surface area contributed by atoms with Crippen LogP contribution in [0.25, 0.3) is 11.0 Å². The summed E-state index contributed by atoms with van der Waals surface area (Å²) in [4.78, 5) is 29.4. The van der Waals surface area contributed by atoms with Crippen LogP contribution in [0.3, 0.4) is 0 Å². The maximum Gasteiger partial charge on any atom is 0.326 e. The van der Waals surface area contributed by atoms with E-state index in [2.05, 4.69) is 16.8 Å². The Labute approximate surface area is 194 Å². The number of amides is 1. The SMILES string of the molecule is CC(C)C[C@H](NC(=O)c1ccc2c(c1)nc(Cc1ccoc1)n2C1CCCCC1C)C(=O)O. The minimum Gasteiger partial charge on any atom is -0.480 e. The number of aromatic nitrogens is 2. The lowest BCUT2D eigenvalue weighted by Crippen LogP contribution is -2.41. The van der Waals surface area contributed by atoms with E-state index in [1.807, 2.05) is 26.0 Å². The molecule has 1 aromatic carbocycles. The van der Waals surface area contributed by atoms with Crippen molar-refractivity contribution in [3.05, 3.63) is 53.7 Å². The highest BCUT2D eigenvalue weighted by Gasteiger charge is 2.28. The molecule has 0 radical (unpaired) electrons. The molecule has 1 aliphatic rings.